The van der Waals surface area contributed by atoms with E-state index >= 15 is 0 Å². The van der Waals surface area contributed by atoms with Crippen molar-refractivity contribution in [1.82, 2.24) is 4.90 Å². The summed E-state index contributed by atoms with van der Waals surface area (Å²) >= 11 is 0. The van der Waals surface area contributed by atoms with Crippen LogP contribution in [0.25, 0.3) is 0 Å². The molecule has 0 unspecified atom stereocenters. The summed E-state index contributed by atoms with van der Waals surface area (Å²) in [4.78, 5) is 24.3. The maximum Gasteiger partial charge on any atom is 0.336 e. The van der Waals surface area contributed by atoms with Crippen LogP contribution >= 0.6 is 0 Å². The third-order valence-corrected chi connectivity index (χ3v) is 3.44. The van der Waals surface area contributed by atoms with Gasteiger partial charge in [-0.2, -0.15) is 0 Å². The molecule has 1 aliphatic heterocycles. The van der Waals surface area contributed by atoms with Crippen LogP contribution in [0.1, 0.15) is 34.1 Å². The summed E-state index contributed by atoms with van der Waals surface area (Å²) in [5.74, 6) is -4.87. The molecule has 0 bridgehead atoms. The Morgan fingerprint density at radius 2 is 1.75 bits per heavy atom. The van der Waals surface area contributed by atoms with Crippen molar-refractivity contribution in [3.05, 3.63) is 34.9 Å². The summed E-state index contributed by atoms with van der Waals surface area (Å²) in [5.41, 5.74) is -2.01. The van der Waals surface area contributed by atoms with E-state index < -0.39 is 40.2 Å². The minimum Gasteiger partial charge on any atom is -0.478 e. The van der Waals surface area contributed by atoms with E-state index in [-0.39, 0.29) is 13.1 Å². The Kier molecular flexibility index (Phi) is 3.47. The maximum atomic E-state index is 13.2. The fourth-order valence-corrected chi connectivity index (χ4v) is 2.10. The second-order valence-corrected chi connectivity index (χ2v) is 4.86. The van der Waals surface area contributed by atoms with Gasteiger partial charge in [-0.25, -0.2) is 13.6 Å². The average molecular weight is 285 g/mol. The zero-order valence-electron chi connectivity index (χ0n) is 10.7. The highest BCUT2D eigenvalue weighted by atomic mass is 19.2. The first-order valence-electron chi connectivity index (χ1n) is 6.01. The van der Waals surface area contributed by atoms with Crippen LogP contribution in [-0.4, -0.2) is 45.7 Å². The molecule has 108 valence electrons. The molecule has 1 aromatic rings. The van der Waals surface area contributed by atoms with Gasteiger partial charge in [0.2, 0.25) is 0 Å². The lowest BCUT2D eigenvalue weighted by atomic mass is 9.90. The van der Waals surface area contributed by atoms with E-state index in [1.165, 1.54) is 4.90 Å². The van der Waals surface area contributed by atoms with Crippen molar-refractivity contribution >= 4 is 11.9 Å². The van der Waals surface area contributed by atoms with E-state index in [9.17, 15) is 23.5 Å². The predicted molar refractivity (Wildman–Crippen MR) is 64.5 cm³/mol. The molecule has 0 saturated carbocycles. The SMILES string of the molecule is CCC1(O)CN(C(=O)c2cc(F)c(F)cc2C(=O)O)C1. The molecule has 0 radical (unpaired) electrons. The molecule has 0 aromatic heterocycles. The zero-order valence-corrected chi connectivity index (χ0v) is 10.7. The number of carbonyl (C=O) groups excluding carboxylic acids is 1. The number of β-amino-alcohol motifs (C(OH)–C–C–N with tert-alkyl or cyclic N) is 1. The lowest BCUT2D eigenvalue weighted by Crippen LogP contribution is -2.63. The molecule has 0 spiro atoms. The van der Waals surface area contributed by atoms with Crippen molar-refractivity contribution < 1.29 is 28.6 Å². The van der Waals surface area contributed by atoms with Crippen LogP contribution < -0.4 is 0 Å². The summed E-state index contributed by atoms with van der Waals surface area (Å²) < 4.78 is 26.3. The fourth-order valence-electron chi connectivity index (χ4n) is 2.10. The van der Waals surface area contributed by atoms with Crippen molar-refractivity contribution in [3.63, 3.8) is 0 Å². The van der Waals surface area contributed by atoms with Crippen LogP contribution in [0.5, 0.6) is 0 Å². The van der Waals surface area contributed by atoms with Crippen LogP contribution in [-0.2, 0) is 0 Å². The summed E-state index contributed by atoms with van der Waals surface area (Å²) in [6, 6.07) is 1.06. The number of aromatic carboxylic acids is 1. The second kappa shape index (κ2) is 4.82. The first-order chi connectivity index (χ1) is 9.27. The lowest BCUT2D eigenvalue weighted by Gasteiger charge is -2.46. The van der Waals surface area contributed by atoms with Gasteiger partial charge in [-0.1, -0.05) is 6.92 Å². The smallest absolute Gasteiger partial charge is 0.336 e. The van der Waals surface area contributed by atoms with Crippen LogP contribution in [0.2, 0.25) is 0 Å². The third kappa shape index (κ3) is 2.36. The van der Waals surface area contributed by atoms with Gasteiger partial charge in [-0.05, 0) is 18.6 Å². The van der Waals surface area contributed by atoms with Gasteiger partial charge in [0.25, 0.3) is 5.91 Å². The van der Waals surface area contributed by atoms with Gasteiger partial charge in [0.05, 0.1) is 29.8 Å². The summed E-state index contributed by atoms with van der Waals surface area (Å²) in [6.45, 7) is 1.84. The molecule has 7 heteroatoms. The summed E-state index contributed by atoms with van der Waals surface area (Å²) in [6.07, 6.45) is 0.445. The second-order valence-electron chi connectivity index (χ2n) is 4.86. The molecule has 2 N–H and O–H groups in total. The Balaban J connectivity index is 2.31. The van der Waals surface area contributed by atoms with E-state index in [4.69, 9.17) is 5.11 Å². The number of carboxylic acids is 1. The molecule has 1 saturated heterocycles. The Hall–Kier alpha value is -2.02. The lowest BCUT2D eigenvalue weighted by molar-refractivity contribution is -0.0826. The number of nitrogens with zero attached hydrogens (tertiary/aromatic N) is 1. The van der Waals surface area contributed by atoms with Gasteiger partial charge in [-0.3, -0.25) is 4.79 Å². The molecule has 0 atom stereocenters. The molecule has 1 amide bonds. The van der Waals surface area contributed by atoms with Crippen molar-refractivity contribution in [3.8, 4) is 0 Å². The number of likely N-dealkylation sites (tertiary alicyclic amines) is 1. The van der Waals surface area contributed by atoms with Gasteiger partial charge >= 0.3 is 5.97 Å². The van der Waals surface area contributed by atoms with Gasteiger partial charge < -0.3 is 15.1 Å². The van der Waals surface area contributed by atoms with Crippen LogP contribution in [0.4, 0.5) is 8.78 Å². The van der Waals surface area contributed by atoms with E-state index in [0.29, 0.717) is 18.6 Å². The number of carboxylic acid groups (broad SMARTS) is 1. The van der Waals surface area contributed by atoms with Gasteiger partial charge in [0.15, 0.2) is 11.6 Å². The molecule has 5 nitrogen and oxygen atoms in total. The Bertz CT molecular complexity index is 582. The number of hydrogen-bond donors (Lipinski definition) is 2. The predicted octanol–water partition coefficient (Wildman–Crippen LogP) is 1.26. The molecule has 20 heavy (non-hydrogen) atoms. The third-order valence-electron chi connectivity index (χ3n) is 3.44. The first kappa shape index (κ1) is 14.4. The minimum absolute atomic E-state index is 0.0421. The molecular formula is C13H13F2NO4. The average Bonchev–Trinajstić information content (AvgIpc) is 2.36. The van der Waals surface area contributed by atoms with E-state index in [0.717, 1.165) is 0 Å². The Morgan fingerprint density at radius 3 is 2.20 bits per heavy atom. The highest BCUT2D eigenvalue weighted by molar-refractivity contribution is 6.05. The first-order valence-corrected chi connectivity index (χ1v) is 6.01. The molecule has 2 rings (SSSR count). The zero-order chi connectivity index (χ0) is 15.1. The molecule has 1 fully saturated rings. The van der Waals surface area contributed by atoms with E-state index in [2.05, 4.69) is 0 Å². The van der Waals surface area contributed by atoms with Crippen molar-refractivity contribution in [2.45, 2.75) is 18.9 Å². The number of benzene rings is 1. The van der Waals surface area contributed by atoms with Crippen LogP contribution in [0, 0.1) is 11.6 Å². The molecule has 1 heterocycles. The highest BCUT2D eigenvalue weighted by Crippen LogP contribution is 2.27. The normalized spacial score (nSPS) is 16.7. The number of halogens is 2. The quantitative estimate of drug-likeness (QED) is 0.876. The molecule has 0 aliphatic carbocycles. The van der Waals surface area contributed by atoms with Crippen molar-refractivity contribution in [2.75, 3.05) is 13.1 Å². The van der Waals surface area contributed by atoms with Gasteiger partial charge in [0, 0.05) is 0 Å². The number of amides is 1. The standard InChI is InChI=1S/C13H13F2NO4/c1-2-13(20)5-16(6-13)11(17)7-3-9(14)10(15)4-8(7)12(18)19/h3-4,20H,2,5-6H2,1H3,(H,18,19). The number of aliphatic hydroxyl groups is 1. The molecular weight excluding hydrogens is 272 g/mol. The Morgan fingerprint density at radius 1 is 1.25 bits per heavy atom. The highest BCUT2D eigenvalue weighted by Gasteiger charge is 2.43. The monoisotopic (exact) mass is 285 g/mol. The number of rotatable bonds is 3. The van der Waals surface area contributed by atoms with Crippen LogP contribution in [0.3, 0.4) is 0 Å². The van der Waals surface area contributed by atoms with Gasteiger partial charge in [0.1, 0.15) is 0 Å². The topological polar surface area (TPSA) is 77.8 Å². The summed E-state index contributed by atoms with van der Waals surface area (Å²) in [5, 5.41) is 18.8. The molecule has 1 aliphatic rings. The van der Waals surface area contributed by atoms with E-state index in [1.807, 2.05) is 0 Å². The van der Waals surface area contributed by atoms with Crippen molar-refractivity contribution in [1.29, 1.82) is 0 Å². The molecule has 1 aromatic carbocycles. The minimum atomic E-state index is -1.52. The van der Waals surface area contributed by atoms with Crippen molar-refractivity contribution in [2.24, 2.45) is 0 Å². The maximum absolute atomic E-state index is 13.2. The largest absolute Gasteiger partial charge is 0.478 e. The summed E-state index contributed by atoms with van der Waals surface area (Å²) in [7, 11) is 0. The van der Waals surface area contributed by atoms with Crippen LogP contribution in [0.15, 0.2) is 12.1 Å². The fraction of sp³-hybridized carbons (Fsp3) is 0.385. The number of hydrogen-bond acceptors (Lipinski definition) is 3. The Labute approximate surface area is 113 Å². The van der Waals surface area contributed by atoms with Gasteiger partial charge in [-0.15, -0.1) is 0 Å². The number of carbonyl (C=O) groups is 2. The van der Waals surface area contributed by atoms with E-state index in [1.54, 1.807) is 6.92 Å².